The highest BCUT2D eigenvalue weighted by Crippen LogP contribution is 2.37. The van der Waals surface area contributed by atoms with Crippen molar-refractivity contribution >= 4 is 0 Å². The first-order valence-corrected chi connectivity index (χ1v) is 7.24. The minimum Gasteiger partial charge on any atom is -0.299 e. The van der Waals surface area contributed by atoms with Crippen LogP contribution >= 0.6 is 0 Å². The first-order chi connectivity index (χ1) is 9.33. The summed E-state index contributed by atoms with van der Waals surface area (Å²) in [4.78, 5) is 1.29. The van der Waals surface area contributed by atoms with Crippen LogP contribution in [-0.4, -0.2) is 43.3 Å². The van der Waals surface area contributed by atoms with Crippen LogP contribution in [0.25, 0.3) is 0 Å². The van der Waals surface area contributed by atoms with Crippen molar-refractivity contribution in [1.82, 2.24) is 10.2 Å². The summed E-state index contributed by atoms with van der Waals surface area (Å²) in [6.45, 7) is 2.31. The molecule has 0 spiro atoms. The van der Waals surface area contributed by atoms with Crippen molar-refractivity contribution in [1.29, 1.82) is 5.26 Å². The highest BCUT2D eigenvalue weighted by molar-refractivity contribution is 5.14. The highest BCUT2D eigenvalue weighted by Gasteiger charge is 2.42. The molecule has 0 aromatic rings. The Bertz CT molecular complexity index is 338. The summed E-state index contributed by atoms with van der Waals surface area (Å²) in [5, 5.41) is 12.8. The molecule has 0 heterocycles. The van der Waals surface area contributed by atoms with Gasteiger partial charge in [0.25, 0.3) is 0 Å². The Labute approximate surface area is 119 Å². The Hall–Kier alpha value is -0.800. The second kappa shape index (κ2) is 7.28. The summed E-state index contributed by atoms with van der Waals surface area (Å²) in [5.74, 6) is 0.148. The van der Waals surface area contributed by atoms with Crippen LogP contribution in [0.15, 0.2) is 0 Å². The second-order valence-electron chi connectivity index (χ2n) is 5.74. The van der Waals surface area contributed by atoms with E-state index in [1.165, 1.54) is 11.9 Å². The predicted molar refractivity (Wildman–Crippen MR) is 72.1 cm³/mol. The zero-order chi connectivity index (χ0) is 15.2. The third kappa shape index (κ3) is 4.95. The number of hydrogen-bond acceptors (Lipinski definition) is 3. The number of halogens is 3. The van der Waals surface area contributed by atoms with Gasteiger partial charge in [-0.3, -0.25) is 10.2 Å². The summed E-state index contributed by atoms with van der Waals surface area (Å²) in [5.41, 5.74) is -0.533. The zero-order valence-corrected chi connectivity index (χ0v) is 12.3. The van der Waals surface area contributed by atoms with Gasteiger partial charge < -0.3 is 0 Å². The molecule has 6 heteroatoms. The van der Waals surface area contributed by atoms with Gasteiger partial charge in [0.05, 0.1) is 12.6 Å². The molecule has 1 aliphatic rings. The summed E-state index contributed by atoms with van der Waals surface area (Å²) < 4.78 is 36.9. The largest absolute Gasteiger partial charge is 0.401 e. The molecule has 0 aliphatic heterocycles. The van der Waals surface area contributed by atoms with Gasteiger partial charge in [-0.25, -0.2) is 0 Å². The molecule has 2 unspecified atom stereocenters. The minimum atomic E-state index is -4.16. The van der Waals surface area contributed by atoms with Crippen molar-refractivity contribution in [3.63, 3.8) is 0 Å². The van der Waals surface area contributed by atoms with Crippen molar-refractivity contribution in [3.05, 3.63) is 0 Å². The van der Waals surface area contributed by atoms with Gasteiger partial charge in [-0.05, 0) is 51.7 Å². The van der Waals surface area contributed by atoms with Crippen molar-refractivity contribution < 1.29 is 13.2 Å². The zero-order valence-electron chi connectivity index (χ0n) is 12.3. The Morgan fingerprint density at radius 3 is 2.70 bits per heavy atom. The van der Waals surface area contributed by atoms with E-state index >= 15 is 0 Å². The number of nitrogens with one attached hydrogen (secondary N) is 1. The van der Waals surface area contributed by atoms with E-state index in [1.54, 1.807) is 0 Å². The van der Waals surface area contributed by atoms with Crippen LogP contribution < -0.4 is 5.32 Å². The third-order valence-corrected chi connectivity index (χ3v) is 4.02. The molecule has 0 amide bonds. The fraction of sp³-hybridized carbons (Fsp3) is 0.929. The molecular weight excluding hydrogens is 267 g/mol. The molecule has 0 aromatic carbocycles. The van der Waals surface area contributed by atoms with Crippen LogP contribution in [0.1, 0.15) is 39.0 Å². The number of nitriles is 1. The summed E-state index contributed by atoms with van der Waals surface area (Å²) in [6.07, 6.45) is 0.122. The number of nitrogens with zero attached hydrogens (tertiary/aromatic N) is 2. The van der Waals surface area contributed by atoms with Crippen molar-refractivity contribution in [2.75, 3.05) is 26.7 Å². The van der Waals surface area contributed by atoms with Crippen LogP contribution in [-0.2, 0) is 0 Å². The van der Waals surface area contributed by atoms with E-state index < -0.39 is 18.3 Å². The molecule has 2 atom stereocenters. The van der Waals surface area contributed by atoms with Gasteiger partial charge in [0.2, 0.25) is 0 Å². The molecule has 20 heavy (non-hydrogen) atoms. The summed E-state index contributed by atoms with van der Waals surface area (Å²) in [7, 11) is 1.48. The predicted octanol–water partition coefficient (Wildman–Crippen LogP) is 2.93. The lowest BCUT2D eigenvalue weighted by molar-refractivity contribution is -0.143. The van der Waals surface area contributed by atoms with E-state index in [-0.39, 0.29) is 5.92 Å². The fourth-order valence-electron chi connectivity index (χ4n) is 3.00. The molecule has 0 aromatic heterocycles. The third-order valence-electron chi connectivity index (χ3n) is 4.02. The van der Waals surface area contributed by atoms with E-state index in [4.69, 9.17) is 0 Å². The number of alkyl halides is 3. The van der Waals surface area contributed by atoms with Gasteiger partial charge in [0, 0.05) is 0 Å². The van der Waals surface area contributed by atoms with Gasteiger partial charge in [-0.2, -0.15) is 18.4 Å². The molecule has 1 saturated carbocycles. The molecular formula is C14H24F3N3. The van der Waals surface area contributed by atoms with Gasteiger partial charge in [-0.15, -0.1) is 0 Å². The second-order valence-corrected chi connectivity index (χ2v) is 5.74. The van der Waals surface area contributed by atoms with E-state index in [2.05, 4.69) is 11.4 Å². The Kier molecular flexibility index (Phi) is 6.28. The summed E-state index contributed by atoms with van der Waals surface area (Å²) in [6, 6.07) is 2.38. The molecule has 3 nitrogen and oxygen atoms in total. The van der Waals surface area contributed by atoms with E-state index in [0.29, 0.717) is 13.0 Å². The maximum Gasteiger partial charge on any atom is 0.401 e. The average Bonchev–Trinajstić information content (AvgIpc) is 2.75. The topological polar surface area (TPSA) is 39.1 Å². The van der Waals surface area contributed by atoms with Gasteiger partial charge in [0.15, 0.2) is 0 Å². The average molecular weight is 291 g/mol. The normalized spacial score (nSPS) is 26.9. The molecule has 1 N–H and O–H groups in total. The number of rotatable bonds is 7. The van der Waals surface area contributed by atoms with Gasteiger partial charge in [0.1, 0.15) is 5.54 Å². The van der Waals surface area contributed by atoms with Crippen LogP contribution in [0.2, 0.25) is 0 Å². The van der Waals surface area contributed by atoms with E-state index in [1.807, 2.05) is 6.92 Å². The number of hydrogen-bond donors (Lipinski definition) is 1. The first kappa shape index (κ1) is 17.3. The lowest BCUT2D eigenvalue weighted by Gasteiger charge is -2.31. The highest BCUT2D eigenvalue weighted by atomic mass is 19.4. The molecule has 116 valence electrons. The minimum absolute atomic E-state index is 0.148. The quantitative estimate of drug-likeness (QED) is 0.784. The van der Waals surface area contributed by atoms with Gasteiger partial charge >= 0.3 is 6.18 Å². The van der Waals surface area contributed by atoms with Crippen LogP contribution in [0.4, 0.5) is 13.2 Å². The standard InChI is InChI=1S/C14H24F3N3/c1-3-8-19-13(10-18)7-4-5-12(13)6-9-20(2)11-14(15,16)17/h12,19H,3-9,11H2,1-2H3. The van der Waals surface area contributed by atoms with Crippen LogP contribution in [0.3, 0.4) is 0 Å². The van der Waals surface area contributed by atoms with Crippen LogP contribution in [0.5, 0.6) is 0 Å². The molecule has 0 bridgehead atoms. The molecule has 0 saturated heterocycles. The molecule has 1 aliphatic carbocycles. The Balaban J connectivity index is 2.51. The molecule has 1 rings (SSSR count). The lowest BCUT2D eigenvalue weighted by Crippen LogP contribution is -2.48. The van der Waals surface area contributed by atoms with Gasteiger partial charge in [-0.1, -0.05) is 13.3 Å². The van der Waals surface area contributed by atoms with E-state index in [9.17, 15) is 18.4 Å². The fourth-order valence-corrected chi connectivity index (χ4v) is 3.00. The maximum absolute atomic E-state index is 12.3. The van der Waals surface area contributed by atoms with Crippen molar-refractivity contribution in [3.8, 4) is 6.07 Å². The Morgan fingerprint density at radius 2 is 2.15 bits per heavy atom. The summed E-state index contributed by atoms with van der Waals surface area (Å²) >= 11 is 0. The van der Waals surface area contributed by atoms with Crippen molar-refractivity contribution in [2.24, 2.45) is 5.92 Å². The Morgan fingerprint density at radius 1 is 1.45 bits per heavy atom. The maximum atomic E-state index is 12.3. The molecule has 0 radical (unpaired) electrons. The van der Waals surface area contributed by atoms with Crippen molar-refractivity contribution in [2.45, 2.75) is 50.7 Å². The lowest BCUT2D eigenvalue weighted by atomic mass is 9.85. The smallest absolute Gasteiger partial charge is 0.299 e. The van der Waals surface area contributed by atoms with E-state index in [0.717, 1.165) is 32.2 Å². The van der Waals surface area contributed by atoms with Crippen LogP contribution in [0, 0.1) is 17.2 Å². The molecule has 1 fully saturated rings. The monoisotopic (exact) mass is 291 g/mol. The first-order valence-electron chi connectivity index (χ1n) is 7.24. The SMILES string of the molecule is CCCNC1(C#N)CCCC1CCN(C)CC(F)(F)F.